The molecular formula is C30H43F6N5O5. The summed E-state index contributed by atoms with van der Waals surface area (Å²) in [6.45, 7) is 7.98. The van der Waals surface area contributed by atoms with Crippen molar-refractivity contribution in [3.05, 3.63) is 30.1 Å². The third kappa shape index (κ3) is 14.6. The van der Waals surface area contributed by atoms with E-state index in [0.29, 0.717) is 24.4 Å². The van der Waals surface area contributed by atoms with E-state index < -0.39 is 29.9 Å². The summed E-state index contributed by atoms with van der Waals surface area (Å²) in [4.78, 5) is 27.2. The summed E-state index contributed by atoms with van der Waals surface area (Å²) in [5, 5.41) is 29.4. The maximum atomic E-state index is 10.6. The van der Waals surface area contributed by atoms with Gasteiger partial charge in [-0.15, -0.1) is 0 Å². The molecule has 0 aliphatic heterocycles. The number of benzene rings is 1. The van der Waals surface area contributed by atoms with Crippen LogP contribution in [0.25, 0.3) is 21.9 Å². The minimum Gasteiger partial charge on any atom is -0.475 e. The van der Waals surface area contributed by atoms with Gasteiger partial charge in [0, 0.05) is 5.39 Å². The van der Waals surface area contributed by atoms with Crippen LogP contribution in [0.3, 0.4) is 0 Å². The second-order valence-electron chi connectivity index (χ2n) is 11.2. The number of nitrogen functional groups attached to an aromatic ring is 1. The van der Waals surface area contributed by atoms with E-state index in [4.69, 9.17) is 30.5 Å². The van der Waals surface area contributed by atoms with Gasteiger partial charge in [-0.2, -0.15) is 26.3 Å². The second kappa shape index (κ2) is 18.5. The highest BCUT2D eigenvalue weighted by atomic mass is 19.4. The van der Waals surface area contributed by atoms with Crippen molar-refractivity contribution < 1.29 is 51.3 Å². The number of aromatic nitrogens is 3. The van der Waals surface area contributed by atoms with Crippen molar-refractivity contribution >= 4 is 39.7 Å². The molecule has 3 aromatic rings. The molecule has 46 heavy (non-hydrogen) atoms. The molecule has 260 valence electrons. The number of aliphatic carboxylic acids is 2. The summed E-state index contributed by atoms with van der Waals surface area (Å²) in [6, 6.07) is 7.98. The Balaban J connectivity index is 0.000000629. The first-order chi connectivity index (χ1) is 21.3. The van der Waals surface area contributed by atoms with E-state index in [1.54, 1.807) is 0 Å². The molecule has 0 aliphatic rings. The van der Waals surface area contributed by atoms with Crippen LogP contribution < -0.4 is 11.1 Å². The number of nitrogens with one attached hydrogen (secondary N) is 1. The second-order valence-corrected chi connectivity index (χ2v) is 11.2. The fourth-order valence-corrected chi connectivity index (χ4v) is 4.36. The van der Waals surface area contributed by atoms with Gasteiger partial charge in [0.25, 0.3) is 0 Å². The third-order valence-corrected chi connectivity index (χ3v) is 6.46. The summed E-state index contributed by atoms with van der Waals surface area (Å²) in [7, 11) is 0. The molecule has 2 aromatic heterocycles. The number of hydrogen-bond donors (Lipinski definition) is 5. The summed E-state index contributed by atoms with van der Waals surface area (Å²) >= 11 is 0. The quantitative estimate of drug-likeness (QED) is 0.0916. The Labute approximate surface area is 263 Å². The van der Waals surface area contributed by atoms with Gasteiger partial charge in [-0.3, -0.25) is 0 Å². The van der Waals surface area contributed by atoms with Gasteiger partial charge in [0.2, 0.25) is 0 Å². The molecular weight excluding hydrogens is 624 g/mol. The van der Waals surface area contributed by atoms with E-state index in [0.717, 1.165) is 28.8 Å². The first-order valence-corrected chi connectivity index (χ1v) is 14.9. The monoisotopic (exact) mass is 667 g/mol. The molecule has 3 rings (SSSR count). The lowest BCUT2D eigenvalue weighted by Crippen LogP contribution is -2.28. The topological polar surface area (TPSA) is 164 Å². The lowest BCUT2D eigenvalue weighted by molar-refractivity contribution is -0.193. The molecule has 1 aromatic carbocycles. The molecule has 2 heterocycles. The van der Waals surface area contributed by atoms with Crippen molar-refractivity contribution in [2.45, 2.75) is 110 Å². The molecule has 0 spiro atoms. The zero-order chi connectivity index (χ0) is 35.1. The fraction of sp³-hybridized carbons (Fsp3) is 0.600. The van der Waals surface area contributed by atoms with Crippen molar-refractivity contribution in [2.75, 3.05) is 12.3 Å². The molecule has 0 saturated carbocycles. The van der Waals surface area contributed by atoms with E-state index in [1.807, 2.05) is 38.1 Å². The average Bonchev–Trinajstić information content (AvgIpc) is 3.29. The Morgan fingerprint density at radius 3 is 1.80 bits per heavy atom. The Morgan fingerprint density at radius 1 is 0.848 bits per heavy atom. The Hall–Kier alpha value is -3.66. The number of hydrogen-bond acceptors (Lipinski definition) is 7. The van der Waals surface area contributed by atoms with E-state index in [-0.39, 0.29) is 0 Å². The summed E-state index contributed by atoms with van der Waals surface area (Å²) in [5.74, 6) is -4.18. The minimum atomic E-state index is -5.08. The van der Waals surface area contributed by atoms with E-state index >= 15 is 0 Å². The molecule has 0 radical (unpaired) electrons. The standard InChI is InChI=1S/C26H41N5O.2C2HF3O2/c1-4-5-6-7-8-9-10-11-14-17-28-18-22-30-23-24(31(22)19-26(2,3)32)20-15-12-13-16-21(20)29-25(23)27;2*3-2(4,5)1(6)7/h12-13,15-16,28,32H,4-11,14,17-19H2,1-3H3,(H2,27,29);2*(H,6,7). The number of alkyl halides is 6. The number of carboxylic acid groups (broad SMARTS) is 2. The first-order valence-electron chi connectivity index (χ1n) is 14.9. The lowest BCUT2D eigenvalue weighted by atomic mass is 10.1. The highest BCUT2D eigenvalue weighted by Gasteiger charge is 2.38. The average molecular weight is 668 g/mol. The highest BCUT2D eigenvalue weighted by Crippen LogP contribution is 2.30. The first kappa shape index (κ1) is 40.4. The highest BCUT2D eigenvalue weighted by molar-refractivity contribution is 6.06. The van der Waals surface area contributed by atoms with Crippen LogP contribution in [0.4, 0.5) is 32.2 Å². The van der Waals surface area contributed by atoms with E-state index in [1.165, 1.54) is 57.8 Å². The predicted octanol–water partition coefficient (Wildman–Crippen LogP) is 6.82. The summed E-state index contributed by atoms with van der Waals surface area (Å²) in [5.41, 5.74) is 7.92. The molecule has 10 nitrogen and oxygen atoms in total. The molecule has 0 amide bonds. The van der Waals surface area contributed by atoms with Crippen molar-refractivity contribution in [2.24, 2.45) is 0 Å². The molecule has 0 saturated heterocycles. The number of anilines is 1. The zero-order valence-electron chi connectivity index (χ0n) is 26.1. The van der Waals surface area contributed by atoms with Crippen LogP contribution in [-0.4, -0.2) is 66.3 Å². The summed E-state index contributed by atoms with van der Waals surface area (Å²) < 4.78 is 65.6. The number of carboxylic acids is 2. The number of imidazole rings is 1. The van der Waals surface area contributed by atoms with Gasteiger partial charge in [0.1, 0.15) is 11.3 Å². The largest absolute Gasteiger partial charge is 0.490 e. The van der Waals surface area contributed by atoms with Gasteiger partial charge in [-0.25, -0.2) is 19.6 Å². The van der Waals surface area contributed by atoms with Gasteiger partial charge in [-0.05, 0) is 32.9 Å². The number of pyridine rings is 1. The number of rotatable bonds is 14. The number of nitrogens with zero attached hydrogens (tertiary/aromatic N) is 3. The molecule has 0 aliphatic carbocycles. The van der Waals surface area contributed by atoms with Crippen molar-refractivity contribution in [3.8, 4) is 0 Å². The van der Waals surface area contributed by atoms with Crippen molar-refractivity contribution in [3.63, 3.8) is 0 Å². The Kier molecular flexibility index (Phi) is 16.2. The van der Waals surface area contributed by atoms with Crippen LogP contribution in [0.5, 0.6) is 0 Å². The molecule has 0 bridgehead atoms. The van der Waals surface area contributed by atoms with Crippen LogP contribution in [0.15, 0.2) is 24.3 Å². The van der Waals surface area contributed by atoms with Crippen molar-refractivity contribution in [1.82, 2.24) is 19.9 Å². The van der Waals surface area contributed by atoms with Crippen LogP contribution >= 0.6 is 0 Å². The van der Waals surface area contributed by atoms with Crippen LogP contribution in [-0.2, 0) is 22.7 Å². The number of aliphatic hydroxyl groups is 1. The fourth-order valence-electron chi connectivity index (χ4n) is 4.36. The van der Waals surface area contributed by atoms with Crippen LogP contribution in [0, 0.1) is 0 Å². The van der Waals surface area contributed by atoms with Gasteiger partial charge >= 0.3 is 24.3 Å². The van der Waals surface area contributed by atoms with Gasteiger partial charge in [-0.1, -0.05) is 76.5 Å². The Bertz CT molecular complexity index is 1360. The van der Waals surface area contributed by atoms with Crippen LogP contribution in [0.1, 0.15) is 84.4 Å². The number of nitrogens with two attached hydrogens (primary N) is 1. The molecule has 16 heteroatoms. The normalized spacial score (nSPS) is 12.0. The maximum absolute atomic E-state index is 10.6. The number of carbonyl (C=O) groups is 2. The van der Waals surface area contributed by atoms with Gasteiger partial charge in [0.15, 0.2) is 5.82 Å². The van der Waals surface area contributed by atoms with Crippen molar-refractivity contribution in [1.29, 1.82) is 0 Å². The molecule has 0 fully saturated rings. The number of halogens is 6. The lowest BCUT2D eigenvalue weighted by Gasteiger charge is -2.21. The van der Waals surface area contributed by atoms with Crippen LogP contribution in [0.2, 0.25) is 0 Å². The number of para-hydroxylation sites is 1. The third-order valence-electron chi connectivity index (χ3n) is 6.46. The number of unbranched alkanes of at least 4 members (excludes halogenated alkanes) is 8. The SMILES string of the molecule is CCCCCCCCCCCNCc1nc2c(N)nc3ccccc3c2n1CC(C)(C)O.O=C(O)C(F)(F)F.O=C(O)C(F)(F)F. The molecule has 6 N–H and O–H groups in total. The summed E-state index contributed by atoms with van der Waals surface area (Å²) in [6.07, 6.45) is 1.78. The molecule has 0 unspecified atom stereocenters. The zero-order valence-corrected chi connectivity index (χ0v) is 26.1. The predicted molar refractivity (Wildman–Crippen MR) is 162 cm³/mol. The van der Waals surface area contributed by atoms with E-state index in [9.17, 15) is 31.4 Å². The smallest absolute Gasteiger partial charge is 0.475 e. The van der Waals surface area contributed by atoms with Gasteiger partial charge < -0.3 is 30.9 Å². The molecule has 0 atom stereocenters. The van der Waals surface area contributed by atoms with Gasteiger partial charge in [0.05, 0.1) is 29.7 Å². The number of fused-ring (bicyclic) bond motifs is 3. The minimum absolute atomic E-state index is 0.438. The van der Waals surface area contributed by atoms with E-state index in [2.05, 4.69) is 21.8 Å². The Morgan fingerprint density at radius 2 is 1.33 bits per heavy atom. The maximum Gasteiger partial charge on any atom is 0.490 e.